The maximum Gasteiger partial charge on any atom is 0.435 e. The normalized spacial score (nSPS) is 11.5. The summed E-state index contributed by atoms with van der Waals surface area (Å²) in [7, 11) is 0. The SMILES string of the molecule is O=C(Cn1ccc(C(F)(F)F)n1)NCc1ccc(-n2ccnc2)nc1. The van der Waals surface area contributed by atoms with Crippen molar-refractivity contribution in [3.05, 3.63) is 60.6 Å². The van der Waals surface area contributed by atoms with Crippen molar-refractivity contribution < 1.29 is 18.0 Å². The Labute approximate surface area is 140 Å². The molecule has 0 saturated carbocycles. The van der Waals surface area contributed by atoms with Crippen molar-refractivity contribution in [2.45, 2.75) is 19.3 Å². The number of alkyl halides is 3. The zero-order valence-corrected chi connectivity index (χ0v) is 12.8. The highest BCUT2D eigenvalue weighted by Gasteiger charge is 2.33. The van der Waals surface area contributed by atoms with Crippen molar-refractivity contribution in [3.8, 4) is 5.82 Å². The third-order valence-corrected chi connectivity index (χ3v) is 3.30. The monoisotopic (exact) mass is 350 g/mol. The molecule has 3 heterocycles. The quantitative estimate of drug-likeness (QED) is 0.761. The number of hydrogen-bond acceptors (Lipinski definition) is 4. The van der Waals surface area contributed by atoms with Gasteiger partial charge in [0, 0.05) is 31.3 Å². The second kappa shape index (κ2) is 6.75. The van der Waals surface area contributed by atoms with Crippen LogP contribution in [0.3, 0.4) is 0 Å². The van der Waals surface area contributed by atoms with Gasteiger partial charge in [0.15, 0.2) is 5.69 Å². The Bertz CT molecular complexity index is 839. The molecule has 0 aliphatic heterocycles. The molecule has 130 valence electrons. The number of rotatable bonds is 5. The summed E-state index contributed by atoms with van der Waals surface area (Å²) in [4.78, 5) is 20.0. The second-order valence-electron chi connectivity index (χ2n) is 5.17. The number of carbonyl (C=O) groups is 1. The molecule has 3 rings (SSSR count). The summed E-state index contributed by atoms with van der Waals surface area (Å²) < 4.78 is 40.0. The highest BCUT2D eigenvalue weighted by atomic mass is 19.4. The summed E-state index contributed by atoms with van der Waals surface area (Å²) in [6, 6.07) is 4.39. The lowest BCUT2D eigenvalue weighted by atomic mass is 10.3. The first-order valence-corrected chi connectivity index (χ1v) is 7.22. The Morgan fingerprint density at radius 3 is 2.64 bits per heavy atom. The number of carbonyl (C=O) groups excluding carboxylic acids is 1. The Kier molecular flexibility index (Phi) is 4.50. The Morgan fingerprint density at radius 2 is 2.04 bits per heavy atom. The smallest absolute Gasteiger partial charge is 0.350 e. The van der Waals surface area contributed by atoms with Crippen molar-refractivity contribution in [1.29, 1.82) is 0 Å². The maximum atomic E-state index is 12.5. The van der Waals surface area contributed by atoms with E-state index in [4.69, 9.17) is 0 Å². The molecule has 0 fully saturated rings. The van der Waals surface area contributed by atoms with Crippen molar-refractivity contribution in [2.24, 2.45) is 0 Å². The number of amides is 1. The zero-order chi connectivity index (χ0) is 17.9. The maximum absolute atomic E-state index is 12.5. The number of aromatic nitrogens is 5. The molecular weight excluding hydrogens is 337 g/mol. The molecule has 0 aliphatic rings. The number of pyridine rings is 1. The molecule has 25 heavy (non-hydrogen) atoms. The molecule has 0 atom stereocenters. The molecule has 0 bridgehead atoms. The molecule has 0 saturated heterocycles. The first-order chi connectivity index (χ1) is 11.9. The van der Waals surface area contributed by atoms with Crippen LogP contribution in [0, 0.1) is 0 Å². The molecule has 3 aromatic heterocycles. The molecule has 0 spiro atoms. The van der Waals surface area contributed by atoms with Crippen LogP contribution in [0.2, 0.25) is 0 Å². The Hall–Kier alpha value is -3.17. The average Bonchev–Trinajstić information content (AvgIpc) is 3.24. The van der Waals surface area contributed by atoms with E-state index in [0.717, 1.165) is 22.5 Å². The predicted octanol–water partition coefficient (Wildman–Crippen LogP) is 1.80. The Balaban J connectivity index is 1.53. The van der Waals surface area contributed by atoms with Gasteiger partial charge in [-0.3, -0.25) is 14.0 Å². The van der Waals surface area contributed by atoms with E-state index in [1.165, 1.54) is 0 Å². The van der Waals surface area contributed by atoms with Crippen molar-refractivity contribution in [3.63, 3.8) is 0 Å². The van der Waals surface area contributed by atoms with Crippen molar-refractivity contribution in [1.82, 2.24) is 29.6 Å². The van der Waals surface area contributed by atoms with E-state index in [9.17, 15) is 18.0 Å². The number of halogens is 3. The van der Waals surface area contributed by atoms with E-state index in [-0.39, 0.29) is 13.1 Å². The van der Waals surface area contributed by atoms with E-state index >= 15 is 0 Å². The summed E-state index contributed by atoms with van der Waals surface area (Å²) in [5.74, 6) is 0.235. The number of nitrogens with zero attached hydrogens (tertiary/aromatic N) is 5. The molecule has 3 aromatic rings. The van der Waals surface area contributed by atoms with Gasteiger partial charge >= 0.3 is 6.18 Å². The van der Waals surface area contributed by atoms with Gasteiger partial charge in [-0.1, -0.05) is 6.07 Å². The van der Waals surface area contributed by atoms with Crippen LogP contribution in [0.4, 0.5) is 13.2 Å². The minimum Gasteiger partial charge on any atom is -0.350 e. The zero-order valence-electron chi connectivity index (χ0n) is 12.8. The summed E-state index contributed by atoms with van der Waals surface area (Å²) in [6.07, 6.45) is 3.20. The summed E-state index contributed by atoms with van der Waals surface area (Å²) in [5.41, 5.74) is -0.270. The molecular formula is C15H13F3N6O. The first kappa shape index (κ1) is 16.7. The molecule has 7 nitrogen and oxygen atoms in total. The fraction of sp³-hybridized carbons (Fsp3) is 0.200. The third-order valence-electron chi connectivity index (χ3n) is 3.30. The van der Waals surface area contributed by atoms with Crippen molar-refractivity contribution in [2.75, 3.05) is 0 Å². The first-order valence-electron chi connectivity index (χ1n) is 7.22. The van der Waals surface area contributed by atoms with Crippen LogP contribution in [0.1, 0.15) is 11.3 Å². The van der Waals surface area contributed by atoms with Gasteiger partial charge in [-0.2, -0.15) is 18.3 Å². The third kappa shape index (κ3) is 4.22. The largest absolute Gasteiger partial charge is 0.435 e. The van der Waals surface area contributed by atoms with Gasteiger partial charge in [0.05, 0.1) is 0 Å². The van der Waals surface area contributed by atoms with Gasteiger partial charge < -0.3 is 5.32 Å². The van der Waals surface area contributed by atoms with Gasteiger partial charge in [-0.15, -0.1) is 0 Å². The lowest BCUT2D eigenvalue weighted by molar-refractivity contribution is -0.141. The molecule has 1 amide bonds. The van der Waals surface area contributed by atoms with E-state index in [1.54, 1.807) is 41.6 Å². The number of nitrogens with one attached hydrogen (secondary N) is 1. The van der Waals surface area contributed by atoms with Crippen LogP contribution in [-0.4, -0.2) is 30.2 Å². The van der Waals surface area contributed by atoms with Gasteiger partial charge in [0.2, 0.25) is 5.91 Å². The van der Waals surface area contributed by atoms with Crippen LogP contribution in [0.5, 0.6) is 0 Å². The van der Waals surface area contributed by atoms with Gasteiger partial charge in [-0.05, 0) is 17.7 Å². The number of imidazole rings is 1. The fourth-order valence-electron chi connectivity index (χ4n) is 2.07. The lowest BCUT2D eigenvalue weighted by Gasteiger charge is -2.07. The van der Waals surface area contributed by atoms with Crippen LogP contribution < -0.4 is 5.32 Å². The minimum atomic E-state index is -4.52. The van der Waals surface area contributed by atoms with Crippen LogP contribution in [-0.2, 0) is 24.1 Å². The van der Waals surface area contributed by atoms with Gasteiger partial charge in [-0.25, -0.2) is 9.97 Å². The predicted molar refractivity (Wildman–Crippen MR) is 80.4 cm³/mol. The van der Waals surface area contributed by atoms with Crippen molar-refractivity contribution >= 4 is 5.91 Å². The topological polar surface area (TPSA) is 77.6 Å². The lowest BCUT2D eigenvalue weighted by Crippen LogP contribution is -2.27. The highest BCUT2D eigenvalue weighted by Crippen LogP contribution is 2.27. The van der Waals surface area contributed by atoms with Gasteiger partial charge in [0.25, 0.3) is 0 Å². The van der Waals surface area contributed by atoms with E-state index < -0.39 is 17.8 Å². The van der Waals surface area contributed by atoms with Crippen LogP contribution in [0.15, 0.2) is 49.3 Å². The highest BCUT2D eigenvalue weighted by molar-refractivity contribution is 5.75. The van der Waals surface area contributed by atoms with E-state index in [2.05, 4.69) is 20.4 Å². The second-order valence-corrected chi connectivity index (χ2v) is 5.17. The molecule has 0 aromatic carbocycles. The average molecular weight is 350 g/mol. The molecule has 0 aliphatic carbocycles. The molecule has 0 radical (unpaired) electrons. The minimum absolute atomic E-state index is 0.212. The fourth-order valence-corrected chi connectivity index (χ4v) is 2.07. The van der Waals surface area contributed by atoms with Gasteiger partial charge in [0.1, 0.15) is 18.7 Å². The van der Waals surface area contributed by atoms with E-state index in [0.29, 0.717) is 5.82 Å². The summed E-state index contributed by atoms with van der Waals surface area (Å²) in [6.45, 7) is -0.0833. The Morgan fingerprint density at radius 1 is 1.20 bits per heavy atom. The summed E-state index contributed by atoms with van der Waals surface area (Å²) in [5, 5.41) is 5.94. The molecule has 1 N–H and O–H groups in total. The standard InChI is InChI=1S/C15H13F3N6O/c16-15(17,18)12-3-5-24(22-12)9-14(25)21-8-11-1-2-13(20-7-11)23-6-4-19-10-23/h1-7,10H,8-9H2,(H,21,25). The number of hydrogen-bond donors (Lipinski definition) is 1. The van der Waals surface area contributed by atoms with E-state index in [1.807, 2.05) is 0 Å². The summed E-state index contributed by atoms with van der Waals surface area (Å²) >= 11 is 0. The van der Waals surface area contributed by atoms with Crippen LogP contribution in [0.25, 0.3) is 5.82 Å². The van der Waals surface area contributed by atoms with Crippen LogP contribution >= 0.6 is 0 Å². The molecule has 10 heteroatoms. The molecule has 0 unspecified atom stereocenters.